The van der Waals surface area contributed by atoms with Gasteiger partial charge in [0.1, 0.15) is 0 Å². The van der Waals surface area contributed by atoms with Crippen LogP contribution in [-0.2, 0) is 0 Å². The van der Waals surface area contributed by atoms with Crippen molar-refractivity contribution in [2.24, 2.45) is 5.92 Å². The topological polar surface area (TPSA) is 69.6 Å². The highest BCUT2D eigenvalue weighted by atomic mass is 16.4. The van der Waals surface area contributed by atoms with Crippen molar-refractivity contribution >= 4 is 11.7 Å². The zero-order valence-electron chi connectivity index (χ0n) is 11.1. The first-order valence-corrected chi connectivity index (χ1v) is 6.16. The largest absolute Gasteiger partial charge is 0.478 e. The lowest BCUT2D eigenvalue weighted by Gasteiger charge is -2.16. The molecular formula is C14H21NO3. The summed E-state index contributed by atoms with van der Waals surface area (Å²) in [6.07, 6.45) is 0.231. The molecule has 3 N–H and O–H groups in total. The van der Waals surface area contributed by atoms with Crippen LogP contribution < -0.4 is 5.32 Å². The van der Waals surface area contributed by atoms with Crippen molar-refractivity contribution in [1.29, 1.82) is 0 Å². The number of hydrogen-bond donors (Lipinski definition) is 3. The first-order chi connectivity index (χ1) is 8.40. The maximum Gasteiger partial charge on any atom is 0.337 e. The maximum atomic E-state index is 11.1. The molecule has 0 amide bonds. The molecule has 0 radical (unpaired) electrons. The molecule has 1 aromatic rings. The molecule has 1 atom stereocenters. The smallest absolute Gasteiger partial charge is 0.337 e. The average molecular weight is 251 g/mol. The summed E-state index contributed by atoms with van der Waals surface area (Å²) in [5.41, 5.74) is 1.70. The number of carbonyl (C=O) groups is 1. The Balaban J connectivity index is 2.70. The molecule has 0 aliphatic heterocycles. The van der Waals surface area contributed by atoms with E-state index >= 15 is 0 Å². The van der Waals surface area contributed by atoms with Gasteiger partial charge in [-0.1, -0.05) is 25.5 Å². The van der Waals surface area contributed by atoms with E-state index in [4.69, 9.17) is 5.11 Å². The van der Waals surface area contributed by atoms with Gasteiger partial charge >= 0.3 is 5.97 Å². The summed E-state index contributed by atoms with van der Waals surface area (Å²) in [5, 5.41) is 21.8. The van der Waals surface area contributed by atoms with E-state index in [1.807, 2.05) is 26.8 Å². The summed E-state index contributed by atoms with van der Waals surface area (Å²) in [6.45, 7) is 6.29. The number of carboxylic acids is 1. The molecule has 0 fully saturated rings. The van der Waals surface area contributed by atoms with Crippen molar-refractivity contribution < 1.29 is 15.0 Å². The fourth-order valence-corrected chi connectivity index (χ4v) is 1.84. The SMILES string of the molecule is Cc1ccc(NCC(O)CC(C)C)c(C(=O)O)c1. The monoisotopic (exact) mass is 251 g/mol. The lowest BCUT2D eigenvalue weighted by atomic mass is 10.1. The Morgan fingerprint density at radius 3 is 2.61 bits per heavy atom. The second-order valence-corrected chi connectivity index (χ2v) is 5.02. The van der Waals surface area contributed by atoms with Crippen LogP contribution in [0.2, 0.25) is 0 Å². The average Bonchev–Trinajstić information content (AvgIpc) is 2.26. The summed E-state index contributed by atoms with van der Waals surface area (Å²) in [4.78, 5) is 11.1. The van der Waals surface area contributed by atoms with Gasteiger partial charge in [0.2, 0.25) is 0 Å². The van der Waals surface area contributed by atoms with E-state index in [0.717, 1.165) is 5.56 Å². The van der Waals surface area contributed by atoms with Gasteiger partial charge in [-0.2, -0.15) is 0 Å². The minimum absolute atomic E-state index is 0.242. The van der Waals surface area contributed by atoms with E-state index in [1.54, 1.807) is 12.1 Å². The number of rotatable bonds is 6. The molecule has 0 saturated heterocycles. The van der Waals surface area contributed by atoms with Crippen LogP contribution in [0.3, 0.4) is 0 Å². The quantitative estimate of drug-likeness (QED) is 0.726. The van der Waals surface area contributed by atoms with Crippen molar-refractivity contribution in [1.82, 2.24) is 0 Å². The highest BCUT2D eigenvalue weighted by Gasteiger charge is 2.12. The molecule has 4 nitrogen and oxygen atoms in total. The lowest BCUT2D eigenvalue weighted by molar-refractivity contribution is 0.0697. The third kappa shape index (κ3) is 4.37. The van der Waals surface area contributed by atoms with E-state index < -0.39 is 12.1 Å². The van der Waals surface area contributed by atoms with Crippen molar-refractivity contribution in [3.05, 3.63) is 29.3 Å². The first kappa shape index (κ1) is 14.5. The van der Waals surface area contributed by atoms with Crippen LogP contribution in [0.5, 0.6) is 0 Å². The van der Waals surface area contributed by atoms with E-state index in [-0.39, 0.29) is 5.56 Å². The van der Waals surface area contributed by atoms with Gasteiger partial charge in [-0.3, -0.25) is 0 Å². The number of carboxylic acid groups (broad SMARTS) is 1. The van der Waals surface area contributed by atoms with Crippen LogP contribution in [-0.4, -0.2) is 28.8 Å². The lowest BCUT2D eigenvalue weighted by Crippen LogP contribution is -2.22. The number of aliphatic hydroxyl groups is 1. The molecule has 1 rings (SSSR count). The third-order valence-corrected chi connectivity index (χ3v) is 2.68. The molecule has 1 aromatic carbocycles. The van der Waals surface area contributed by atoms with Crippen LogP contribution in [0.4, 0.5) is 5.69 Å². The maximum absolute atomic E-state index is 11.1. The Kier molecular flexibility index (Phi) is 5.16. The molecule has 0 saturated carbocycles. The Morgan fingerprint density at radius 1 is 1.39 bits per heavy atom. The Hall–Kier alpha value is -1.55. The molecule has 0 aliphatic rings. The Bertz CT molecular complexity index is 416. The molecule has 0 spiro atoms. The molecule has 0 aliphatic carbocycles. The third-order valence-electron chi connectivity index (χ3n) is 2.68. The van der Waals surface area contributed by atoms with Gasteiger partial charge in [0.25, 0.3) is 0 Å². The van der Waals surface area contributed by atoms with Crippen LogP contribution in [0.1, 0.15) is 36.2 Å². The van der Waals surface area contributed by atoms with E-state index in [0.29, 0.717) is 24.6 Å². The van der Waals surface area contributed by atoms with Crippen molar-refractivity contribution in [2.75, 3.05) is 11.9 Å². The van der Waals surface area contributed by atoms with E-state index in [9.17, 15) is 9.90 Å². The Labute approximate surface area is 108 Å². The normalized spacial score (nSPS) is 12.5. The fourth-order valence-electron chi connectivity index (χ4n) is 1.84. The van der Waals surface area contributed by atoms with Gasteiger partial charge in [0.05, 0.1) is 11.7 Å². The number of anilines is 1. The molecule has 1 unspecified atom stereocenters. The van der Waals surface area contributed by atoms with Crippen molar-refractivity contribution in [3.63, 3.8) is 0 Å². The number of aromatic carboxylic acids is 1. The van der Waals surface area contributed by atoms with Gasteiger partial charge in [-0.15, -0.1) is 0 Å². The molecule has 0 bridgehead atoms. The zero-order valence-corrected chi connectivity index (χ0v) is 11.1. The highest BCUT2D eigenvalue weighted by Crippen LogP contribution is 2.18. The highest BCUT2D eigenvalue weighted by molar-refractivity contribution is 5.94. The first-order valence-electron chi connectivity index (χ1n) is 6.16. The van der Waals surface area contributed by atoms with Crippen LogP contribution >= 0.6 is 0 Å². The van der Waals surface area contributed by atoms with Gasteiger partial charge < -0.3 is 15.5 Å². The van der Waals surface area contributed by atoms with Crippen molar-refractivity contribution in [3.8, 4) is 0 Å². The molecule has 4 heteroatoms. The molecule has 100 valence electrons. The van der Waals surface area contributed by atoms with Gasteiger partial charge in [0, 0.05) is 12.2 Å². The summed E-state index contributed by atoms with van der Waals surface area (Å²) in [7, 11) is 0. The van der Waals surface area contributed by atoms with Crippen LogP contribution in [0.15, 0.2) is 18.2 Å². The van der Waals surface area contributed by atoms with Gasteiger partial charge in [-0.25, -0.2) is 4.79 Å². The minimum atomic E-state index is -0.959. The molecule has 18 heavy (non-hydrogen) atoms. The molecule has 0 heterocycles. The number of hydrogen-bond acceptors (Lipinski definition) is 3. The zero-order chi connectivity index (χ0) is 13.7. The van der Waals surface area contributed by atoms with Crippen LogP contribution in [0, 0.1) is 12.8 Å². The predicted octanol–water partition coefficient (Wildman–Crippen LogP) is 2.51. The standard InChI is InChI=1S/C14H21NO3/c1-9(2)6-11(16)8-15-13-5-4-10(3)7-12(13)14(17)18/h4-5,7,9,11,15-16H,6,8H2,1-3H3,(H,17,18). The second-order valence-electron chi connectivity index (χ2n) is 5.02. The fraction of sp³-hybridized carbons (Fsp3) is 0.500. The predicted molar refractivity (Wildman–Crippen MR) is 72.1 cm³/mol. The number of benzene rings is 1. The number of aliphatic hydroxyl groups excluding tert-OH is 1. The van der Waals surface area contributed by atoms with Gasteiger partial charge in [0.15, 0.2) is 0 Å². The second kappa shape index (κ2) is 6.40. The molecular weight excluding hydrogens is 230 g/mol. The van der Waals surface area contributed by atoms with Gasteiger partial charge in [-0.05, 0) is 31.4 Å². The van der Waals surface area contributed by atoms with E-state index in [1.165, 1.54) is 0 Å². The molecule has 0 aromatic heterocycles. The minimum Gasteiger partial charge on any atom is -0.478 e. The summed E-state index contributed by atoms with van der Waals surface area (Å²) < 4.78 is 0. The van der Waals surface area contributed by atoms with E-state index in [2.05, 4.69) is 5.32 Å². The summed E-state index contributed by atoms with van der Waals surface area (Å²) in [6, 6.07) is 5.21. The van der Waals surface area contributed by atoms with Crippen LogP contribution in [0.25, 0.3) is 0 Å². The summed E-state index contributed by atoms with van der Waals surface area (Å²) in [5.74, 6) is -0.543. The Morgan fingerprint density at radius 2 is 2.06 bits per heavy atom. The van der Waals surface area contributed by atoms with Crippen molar-refractivity contribution in [2.45, 2.75) is 33.3 Å². The summed E-state index contributed by atoms with van der Waals surface area (Å²) >= 11 is 0. The number of aryl methyl sites for hydroxylation is 1. The number of nitrogens with one attached hydrogen (secondary N) is 1.